The quantitative estimate of drug-likeness (QED) is 0.292. The Kier molecular flexibility index (Phi) is 5.95. The largest absolute Gasteiger partial charge is 0.507 e. The summed E-state index contributed by atoms with van der Waals surface area (Å²) in [5, 5.41) is 29.7. The standard InChI is InChI=1S/C31H25NO9/c1-13-9-23(35)27-20(28(13)36)12-19-16(25(27)14-3-8-21(33)24(10-14)41-2)6-7-18-26(19)30(38)32(29(18)37)15-4-5-17(31(39)40)22(34)11-15/h3-6,8-11,18-19,25-26,33-34H,7,12H2,1-2H3,(H,39,40). The van der Waals surface area contributed by atoms with Gasteiger partial charge in [0.05, 0.1) is 24.6 Å². The van der Waals surface area contributed by atoms with Crippen molar-refractivity contribution in [2.24, 2.45) is 17.8 Å². The third kappa shape index (κ3) is 3.81. The number of aromatic carboxylic acids is 1. The van der Waals surface area contributed by atoms with Crippen LogP contribution in [0.5, 0.6) is 17.2 Å². The summed E-state index contributed by atoms with van der Waals surface area (Å²) in [6, 6.07) is 8.20. The number of rotatable bonds is 4. The molecule has 4 unspecified atom stereocenters. The zero-order valence-corrected chi connectivity index (χ0v) is 22.1. The number of hydrogen-bond acceptors (Lipinski definition) is 8. The molecule has 4 aliphatic rings. The Labute approximate surface area is 233 Å². The molecule has 1 heterocycles. The molecule has 0 bridgehead atoms. The number of anilines is 1. The van der Waals surface area contributed by atoms with Crippen LogP contribution in [-0.2, 0) is 19.2 Å². The van der Waals surface area contributed by atoms with Crippen molar-refractivity contribution in [3.8, 4) is 17.2 Å². The maximum Gasteiger partial charge on any atom is 0.339 e. The van der Waals surface area contributed by atoms with E-state index >= 15 is 0 Å². The Bertz CT molecular complexity index is 1690. The van der Waals surface area contributed by atoms with Gasteiger partial charge in [0.25, 0.3) is 0 Å². The zero-order valence-electron chi connectivity index (χ0n) is 22.1. The summed E-state index contributed by atoms with van der Waals surface area (Å²) in [5.74, 6) is -6.29. The van der Waals surface area contributed by atoms with Crippen LogP contribution in [0.15, 0.2) is 70.8 Å². The minimum absolute atomic E-state index is 0.0525. The summed E-state index contributed by atoms with van der Waals surface area (Å²) in [6.45, 7) is 1.57. The van der Waals surface area contributed by atoms with Crippen LogP contribution in [0.3, 0.4) is 0 Å². The number of fused-ring (bicyclic) bond motifs is 3. The van der Waals surface area contributed by atoms with Crippen molar-refractivity contribution in [2.75, 3.05) is 12.0 Å². The molecule has 1 fully saturated rings. The number of aromatic hydroxyl groups is 2. The molecule has 41 heavy (non-hydrogen) atoms. The Hall–Kier alpha value is -4.99. The summed E-state index contributed by atoms with van der Waals surface area (Å²) < 4.78 is 5.30. The van der Waals surface area contributed by atoms with Crippen LogP contribution in [0.25, 0.3) is 0 Å². The minimum atomic E-state index is -1.35. The number of phenols is 2. The van der Waals surface area contributed by atoms with E-state index in [4.69, 9.17) is 4.74 Å². The average Bonchev–Trinajstić information content (AvgIpc) is 3.20. The zero-order chi connectivity index (χ0) is 29.3. The summed E-state index contributed by atoms with van der Waals surface area (Å²) in [6.07, 6.45) is 3.49. The van der Waals surface area contributed by atoms with Gasteiger partial charge in [-0.25, -0.2) is 9.69 Å². The number of Topliss-reactive ketones (excluding diaryl/α,β-unsaturated/α-hetero) is 1. The number of imide groups is 1. The number of hydrogen-bond donors (Lipinski definition) is 3. The van der Waals surface area contributed by atoms with Crippen molar-refractivity contribution >= 4 is 35.0 Å². The Morgan fingerprint density at radius 2 is 1.73 bits per heavy atom. The maximum atomic E-state index is 13.9. The van der Waals surface area contributed by atoms with Crippen LogP contribution < -0.4 is 9.64 Å². The molecule has 0 aromatic heterocycles. The van der Waals surface area contributed by atoms with Gasteiger partial charge >= 0.3 is 5.97 Å². The molecule has 3 N–H and O–H groups in total. The van der Waals surface area contributed by atoms with E-state index in [0.717, 1.165) is 22.6 Å². The number of ether oxygens (including phenoxy) is 1. The Morgan fingerprint density at radius 1 is 0.976 bits per heavy atom. The van der Waals surface area contributed by atoms with Crippen LogP contribution in [0.2, 0.25) is 0 Å². The first-order valence-electron chi connectivity index (χ1n) is 13.0. The van der Waals surface area contributed by atoms with Crippen molar-refractivity contribution in [3.63, 3.8) is 0 Å². The summed E-state index contributed by atoms with van der Waals surface area (Å²) in [4.78, 5) is 66.6. The highest BCUT2D eigenvalue weighted by atomic mass is 16.5. The number of methoxy groups -OCH3 is 1. The van der Waals surface area contributed by atoms with Crippen LogP contribution in [0.4, 0.5) is 5.69 Å². The number of carboxylic acid groups (broad SMARTS) is 1. The smallest absolute Gasteiger partial charge is 0.339 e. The van der Waals surface area contributed by atoms with E-state index in [2.05, 4.69) is 0 Å². The van der Waals surface area contributed by atoms with Gasteiger partial charge in [-0.1, -0.05) is 17.7 Å². The topological polar surface area (TPSA) is 159 Å². The molecular formula is C31H25NO9. The highest BCUT2D eigenvalue weighted by Gasteiger charge is 2.56. The van der Waals surface area contributed by atoms with Gasteiger partial charge in [0.1, 0.15) is 11.3 Å². The lowest BCUT2D eigenvalue weighted by Crippen LogP contribution is -2.39. The summed E-state index contributed by atoms with van der Waals surface area (Å²) in [5.41, 5.74) is 1.93. The second-order valence-corrected chi connectivity index (χ2v) is 10.7. The van der Waals surface area contributed by atoms with E-state index in [1.165, 1.54) is 25.3 Å². The molecule has 10 nitrogen and oxygen atoms in total. The summed E-state index contributed by atoms with van der Waals surface area (Å²) >= 11 is 0. The molecule has 6 rings (SSSR count). The fraction of sp³-hybridized carbons (Fsp3) is 0.258. The SMILES string of the molecule is COc1cc(C2C3=CCC4C(=O)N(c5ccc(C(=O)O)c(O)c5)C(=O)C4C3CC3=C2C(=O)C=C(C)C3=O)ccc1O. The number of carbonyl (C=O) groups is 5. The van der Waals surface area contributed by atoms with Crippen molar-refractivity contribution in [1.82, 2.24) is 0 Å². The number of nitrogens with zero attached hydrogens (tertiary/aromatic N) is 1. The predicted octanol–water partition coefficient (Wildman–Crippen LogP) is 3.44. The molecular weight excluding hydrogens is 530 g/mol. The molecule has 3 aliphatic carbocycles. The van der Waals surface area contributed by atoms with E-state index in [9.17, 15) is 39.3 Å². The number of allylic oxidation sites excluding steroid dienone is 6. The number of carboxylic acids is 1. The fourth-order valence-corrected chi connectivity index (χ4v) is 6.73. The number of benzene rings is 2. The van der Waals surface area contributed by atoms with Gasteiger partial charge in [-0.05, 0) is 61.6 Å². The molecule has 2 aromatic rings. The van der Waals surface area contributed by atoms with Crippen LogP contribution >= 0.6 is 0 Å². The molecule has 10 heteroatoms. The van der Waals surface area contributed by atoms with E-state index < -0.39 is 47.2 Å². The number of amides is 2. The molecule has 0 spiro atoms. The van der Waals surface area contributed by atoms with Gasteiger partial charge in [0, 0.05) is 28.7 Å². The van der Waals surface area contributed by atoms with Crippen molar-refractivity contribution in [3.05, 3.63) is 82.0 Å². The Morgan fingerprint density at radius 3 is 2.41 bits per heavy atom. The van der Waals surface area contributed by atoms with E-state index in [1.54, 1.807) is 19.1 Å². The first-order valence-corrected chi connectivity index (χ1v) is 13.0. The van der Waals surface area contributed by atoms with Gasteiger partial charge in [0.2, 0.25) is 11.8 Å². The monoisotopic (exact) mass is 555 g/mol. The molecule has 0 saturated carbocycles. The lowest BCUT2D eigenvalue weighted by atomic mass is 9.59. The number of phenolic OH excluding ortho intramolecular Hbond substituents is 1. The molecule has 2 aromatic carbocycles. The average molecular weight is 556 g/mol. The van der Waals surface area contributed by atoms with E-state index in [1.807, 2.05) is 6.08 Å². The van der Waals surface area contributed by atoms with Crippen LogP contribution in [0, 0.1) is 17.8 Å². The molecule has 1 aliphatic heterocycles. The second kappa shape index (κ2) is 9.29. The molecule has 208 valence electrons. The minimum Gasteiger partial charge on any atom is -0.507 e. The second-order valence-electron chi connectivity index (χ2n) is 10.7. The third-order valence-corrected chi connectivity index (χ3v) is 8.57. The number of ketones is 2. The van der Waals surface area contributed by atoms with Crippen LogP contribution in [0.1, 0.15) is 41.6 Å². The van der Waals surface area contributed by atoms with Crippen molar-refractivity contribution in [1.29, 1.82) is 0 Å². The first kappa shape index (κ1) is 26.2. The maximum absolute atomic E-state index is 13.9. The lowest BCUT2D eigenvalue weighted by molar-refractivity contribution is -0.123. The summed E-state index contributed by atoms with van der Waals surface area (Å²) in [7, 11) is 1.40. The lowest BCUT2D eigenvalue weighted by Gasteiger charge is -2.42. The molecule has 2 amide bonds. The van der Waals surface area contributed by atoms with Gasteiger partial charge in [-0.3, -0.25) is 19.2 Å². The highest BCUT2D eigenvalue weighted by Crippen LogP contribution is 2.56. The van der Waals surface area contributed by atoms with Gasteiger partial charge in [-0.15, -0.1) is 0 Å². The van der Waals surface area contributed by atoms with Gasteiger partial charge < -0.3 is 20.1 Å². The van der Waals surface area contributed by atoms with Gasteiger partial charge in [-0.2, -0.15) is 0 Å². The first-order chi connectivity index (χ1) is 19.5. The van der Waals surface area contributed by atoms with Crippen molar-refractivity contribution < 1.29 is 44.0 Å². The molecule has 1 saturated heterocycles. The molecule has 4 atom stereocenters. The van der Waals surface area contributed by atoms with Crippen molar-refractivity contribution in [2.45, 2.75) is 25.7 Å². The van der Waals surface area contributed by atoms with E-state index in [-0.39, 0.29) is 47.2 Å². The van der Waals surface area contributed by atoms with Crippen LogP contribution in [-0.4, -0.2) is 51.8 Å². The highest BCUT2D eigenvalue weighted by molar-refractivity contribution is 6.25. The third-order valence-electron chi connectivity index (χ3n) is 8.57. The van der Waals surface area contributed by atoms with E-state index in [0.29, 0.717) is 22.3 Å². The normalized spacial score (nSPS) is 25.4. The predicted molar refractivity (Wildman–Crippen MR) is 144 cm³/mol. The number of carbonyl (C=O) groups excluding carboxylic acids is 4. The fourth-order valence-electron chi connectivity index (χ4n) is 6.73. The molecule has 0 radical (unpaired) electrons. The van der Waals surface area contributed by atoms with Gasteiger partial charge in [0.15, 0.2) is 23.1 Å². The Balaban J connectivity index is 1.47.